The zero-order valence-electron chi connectivity index (χ0n) is 12.5. The highest BCUT2D eigenvalue weighted by atomic mass is 35.5. The Labute approximate surface area is 134 Å². The van der Waals surface area contributed by atoms with Crippen LogP contribution in [0.15, 0.2) is 36.7 Å². The van der Waals surface area contributed by atoms with Crippen molar-refractivity contribution in [2.75, 3.05) is 24.3 Å². The number of rotatable bonds is 6. The Morgan fingerprint density at radius 2 is 2.09 bits per heavy atom. The molecule has 116 valence electrons. The van der Waals surface area contributed by atoms with Gasteiger partial charge in [0.2, 0.25) is 0 Å². The molecule has 6 heteroatoms. The van der Waals surface area contributed by atoms with Crippen molar-refractivity contribution < 1.29 is 9.53 Å². The third-order valence-corrected chi connectivity index (χ3v) is 3.28. The Bertz CT molecular complexity index is 662. The Morgan fingerprint density at radius 1 is 1.27 bits per heavy atom. The van der Waals surface area contributed by atoms with E-state index >= 15 is 0 Å². The zero-order chi connectivity index (χ0) is 15.9. The first-order valence-corrected chi connectivity index (χ1v) is 7.35. The molecule has 0 saturated heterocycles. The molecule has 2 aromatic rings. The predicted molar refractivity (Wildman–Crippen MR) is 89.0 cm³/mol. The number of hydrogen-bond donors (Lipinski definition) is 2. The number of nitrogens with zero attached hydrogens (tertiary/aromatic N) is 1. The van der Waals surface area contributed by atoms with E-state index < -0.39 is 0 Å². The zero-order valence-corrected chi connectivity index (χ0v) is 13.3. The monoisotopic (exact) mass is 319 g/mol. The van der Waals surface area contributed by atoms with Gasteiger partial charge in [-0.25, -0.2) is 0 Å². The lowest BCUT2D eigenvalue weighted by atomic mass is 10.2. The molecule has 1 aromatic carbocycles. The van der Waals surface area contributed by atoms with Crippen LogP contribution in [0.1, 0.15) is 23.7 Å². The molecule has 0 saturated carbocycles. The van der Waals surface area contributed by atoms with E-state index in [-0.39, 0.29) is 5.91 Å². The molecule has 22 heavy (non-hydrogen) atoms. The van der Waals surface area contributed by atoms with Gasteiger partial charge in [-0.05, 0) is 30.7 Å². The average Bonchev–Trinajstić information content (AvgIpc) is 2.53. The number of aromatic nitrogens is 1. The molecule has 0 radical (unpaired) electrons. The molecule has 1 aromatic heterocycles. The maximum absolute atomic E-state index is 12.3. The number of pyridine rings is 1. The van der Waals surface area contributed by atoms with Gasteiger partial charge in [0.15, 0.2) is 0 Å². The topological polar surface area (TPSA) is 63.2 Å². The highest BCUT2D eigenvalue weighted by molar-refractivity contribution is 6.32. The average molecular weight is 320 g/mol. The van der Waals surface area contributed by atoms with Gasteiger partial charge < -0.3 is 15.4 Å². The van der Waals surface area contributed by atoms with Gasteiger partial charge in [0.25, 0.3) is 5.91 Å². The summed E-state index contributed by atoms with van der Waals surface area (Å²) in [6, 6.07) is 6.85. The lowest BCUT2D eigenvalue weighted by Crippen LogP contribution is -2.13. The molecule has 0 bridgehead atoms. The molecule has 0 aliphatic carbocycles. The van der Waals surface area contributed by atoms with Crippen LogP contribution in [0.4, 0.5) is 11.4 Å². The summed E-state index contributed by atoms with van der Waals surface area (Å²) in [4.78, 5) is 16.3. The van der Waals surface area contributed by atoms with E-state index in [0.717, 1.165) is 18.7 Å². The second kappa shape index (κ2) is 7.66. The molecule has 0 fully saturated rings. The first kappa shape index (κ1) is 16.1. The van der Waals surface area contributed by atoms with Crippen LogP contribution in [0, 0.1) is 0 Å². The van der Waals surface area contributed by atoms with Crippen molar-refractivity contribution in [2.24, 2.45) is 0 Å². The Kier molecular flexibility index (Phi) is 5.61. The quantitative estimate of drug-likeness (QED) is 0.849. The van der Waals surface area contributed by atoms with Gasteiger partial charge in [-0.1, -0.05) is 18.5 Å². The maximum atomic E-state index is 12.3. The number of nitrogens with one attached hydrogen (secondary N) is 2. The van der Waals surface area contributed by atoms with E-state index in [1.807, 2.05) is 0 Å². The fourth-order valence-electron chi connectivity index (χ4n) is 1.88. The minimum atomic E-state index is -0.242. The Hall–Kier alpha value is -2.27. The third-order valence-electron chi connectivity index (χ3n) is 2.99. The maximum Gasteiger partial charge on any atom is 0.257 e. The van der Waals surface area contributed by atoms with Gasteiger partial charge in [0.05, 0.1) is 23.4 Å². The Morgan fingerprint density at radius 3 is 2.77 bits per heavy atom. The van der Waals surface area contributed by atoms with Gasteiger partial charge in [-0.2, -0.15) is 0 Å². The molecular formula is C16H18ClN3O2. The molecule has 1 amide bonds. The minimum absolute atomic E-state index is 0.242. The van der Waals surface area contributed by atoms with Gasteiger partial charge in [0, 0.05) is 24.6 Å². The summed E-state index contributed by atoms with van der Waals surface area (Å²) in [5.41, 5.74) is 1.90. The number of hydrogen-bond acceptors (Lipinski definition) is 4. The second-order valence-electron chi connectivity index (χ2n) is 4.69. The van der Waals surface area contributed by atoms with Crippen molar-refractivity contribution in [3.63, 3.8) is 0 Å². The summed E-state index contributed by atoms with van der Waals surface area (Å²) >= 11 is 6.04. The van der Waals surface area contributed by atoms with E-state index in [0.29, 0.717) is 22.0 Å². The van der Waals surface area contributed by atoms with E-state index in [4.69, 9.17) is 16.3 Å². The highest BCUT2D eigenvalue weighted by Gasteiger charge is 2.09. The number of halogens is 1. The molecule has 0 aliphatic heterocycles. The summed E-state index contributed by atoms with van der Waals surface area (Å²) in [5.74, 6) is 0.320. The number of carbonyl (C=O) groups is 1. The molecule has 0 aliphatic rings. The van der Waals surface area contributed by atoms with Crippen molar-refractivity contribution in [3.8, 4) is 5.75 Å². The van der Waals surface area contributed by atoms with Crippen molar-refractivity contribution in [2.45, 2.75) is 13.3 Å². The van der Waals surface area contributed by atoms with Crippen molar-refractivity contribution in [3.05, 3.63) is 47.2 Å². The SMILES string of the molecule is CCCNc1cncc(C(=O)Nc2ccc(OC)c(Cl)c2)c1. The van der Waals surface area contributed by atoms with Gasteiger partial charge >= 0.3 is 0 Å². The minimum Gasteiger partial charge on any atom is -0.495 e. The number of anilines is 2. The number of amides is 1. The van der Waals surface area contributed by atoms with Crippen molar-refractivity contribution in [1.82, 2.24) is 4.98 Å². The fourth-order valence-corrected chi connectivity index (χ4v) is 2.14. The number of ether oxygens (including phenoxy) is 1. The summed E-state index contributed by atoms with van der Waals surface area (Å²) in [7, 11) is 1.54. The molecule has 0 atom stereocenters. The lowest BCUT2D eigenvalue weighted by molar-refractivity contribution is 0.102. The molecular weight excluding hydrogens is 302 g/mol. The van der Waals surface area contributed by atoms with Gasteiger partial charge in [-0.15, -0.1) is 0 Å². The van der Waals surface area contributed by atoms with Crippen LogP contribution in [-0.4, -0.2) is 24.5 Å². The molecule has 1 heterocycles. The number of methoxy groups -OCH3 is 1. The summed E-state index contributed by atoms with van der Waals surface area (Å²) < 4.78 is 5.08. The fraction of sp³-hybridized carbons (Fsp3) is 0.250. The summed E-state index contributed by atoms with van der Waals surface area (Å²) in [6.45, 7) is 2.91. The molecule has 5 nitrogen and oxygen atoms in total. The number of carbonyl (C=O) groups excluding carboxylic acids is 1. The standard InChI is InChI=1S/C16H18ClN3O2/c1-3-6-19-13-7-11(9-18-10-13)16(21)20-12-4-5-15(22-2)14(17)8-12/h4-5,7-10,19H,3,6H2,1-2H3,(H,20,21). The van der Waals surface area contributed by atoms with E-state index in [2.05, 4.69) is 22.5 Å². The van der Waals surface area contributed by atoms with Crippen LogP contribution >= 0.6 is 11.6 Å². The normalized spacial score (nSPS) is 10.1. The van der Waals surface area contributed by atoms with Gasteiger partial charge in [-0.3, -0.25) is 9.78 Å². The highest BCUT2D eigenvalue weighted by Crippen LogP contribution is 2.27. The van der Waals surface area contributed by atoms with Crippen LogP contribution in [0.3, 0.4) is 0 Å². The largest absolute Gasteiger partial charge is 0.495 e. The van der Waals surface area contributed by atoms with Crippen LogP contribution in [0.25, 0.3) is 0 Å². The smallest absolute Gasteiger partial charge is 0.257 e. The first-order valence-electron chi connectivity index (χ1n) is 6.98. The summed E-state index contributed by atoms with van der Waals surface area (Å²) in [5, 5.41) is 6.43. The lowest BCUT2D eigenvalue weighted by Gasteiger charge is -2.09. The third kappa shape index (κ3) is 4.11. The molecule has 0 spiro atoms. The molecule has 0 unspecified atom stereocenters. The van der Waals surface area contributed by atoms with Crippen LogP contribution in [0.2, 0.25) is 5.02 Å². The predicted octanol–water partition coefficient (Wildman–Crippen LogP) is 3.82. The van der Waals surface area contributed by atoms with Crippen LogP contribution in [-0.2, 0) is 0 Å². The first-order chi connectivity index (χ1) is 10.6. The van der Waals surface area contributed by atoms with Crippen LogP contribution in [0.5, 0.6) is 5.75 Å². The Balaban J connectivity index is 2.10. The van der Waals surface area contributed by atoms with Crippen molar-refractivity contribution in [1.29, 1.82) is 0 Å². The molecule has 2 N–H and O–H groups in total. The van der Waals surface area contributed by atoms with Crippen molar-refractivity contribution >= 4 is 28.9 Å². The van der Waals surface area contributed by atoms with E-state index in [1.165, 1.54) is 6.20 Å². The summed E-state index contributed by atoms with van der Waals surface area (Å²) in [6.07, 6.45) is 4.22. The number of benzene rings is 1. The van der Waals surface area contributed by atoms with Gasteiger partial charge in [0.1, 0.15) is 5.75 Å². The second-order valence-corrected chi connectivity index (χ2v) is 5.10. The molecule has 2 rings (SSSR count). The van der Waals surface area contributed by atoms with Crippen LogP contribution < -0.4 is 15.4 Å². The van der Waals surface area contributed by atoms with E-state index in [9.17, 15) is 4.79 Å². The van der Waals surface area contributed by atoms with E-state index in [1.54, 1.807) is 37.6 Å².